The summed E-state index contributed by atoms with van der Waals surface area (Å²) in [5.74, 6) is -0.844. The molecule has 120 valence electrons. The van der Waals surface area contributed by atoms with Crippen molar-refractivity contribution in [3.05, 3.63) is 0 Å². The Kier molecular flexibility index (Phi) is 8.03. The molecule has 0 aliphatic heterocycles. The predicted molar refractivity (Wildman–Crippen MR) is 77.3 cm³/mol. The lowest BCUT2D eigenvalue weighted by Crippen LogP contribution is -2.45. The van der Waals surface area contributed by atoms with Gasteiger partial charge in [-0.1, -0.05) is 0 Å². The van der Waals surface area contributed by atoms with E-state index in [1.165, 1.54) is 40.7 Å². The van der Waals surface area contributed by atoms with Gasteiger partial charge in [0.2, 0.25) is 24.1 Å². The summed E-state index contributed by atoms with van der Waals surface area (Å²) in [4.78, 5) is 51.0. The largest absolute Gasteiger partial charge is 0.345 e. The van der Waals surface area contributed by atoms with Crippen molar-refractivity contribution in [3.8, 4) is 0 Å². The van der Waals surface area contributed by atoms with E-state index in [-0.39, 0.29) is 37.4 Å². The molecule has 0 aromatic heterocycles. The van der Waals surface area contributed by atoms with E-state index >= 15 is 0 Å². The van der Waals surface area contributed by atoms with Crippen LogP contribution in [0.2, 0.25) is 0 Å². The Hall–Kier alpha value is -2.12. The highest BCUT2D eigenvalue weighted by Crippen LogP contribution is 1.94. The van der Waals surface area contributed by atoms with Crippen LogP contribution < -0.4 is 0 Å². The lowest BCUT2D eigenvalue weighted by atomic mass is 10.4. The van der Waals surface area contributed by atoms with Gasteiger partial charge in [0.25, 0.3) is 0 Å². The first-order chi connectivity index (χ1) is 9.72. The zero-order chi connectivity index (χ0) is 16.6. The Morgan fingerprint density at radius 3 is 1.52 bits per heavy atom. The molecular weight excluding hydrogens is 276 g/mol. The van der Waals surface area contributed by atoms with Gasteiger partial charge in [0.05, 0.1) is 19.6 Å². The Labute approximate surface area is 125 Å². The van der Waals surface area contributed by atoms with E-state index in [2.05, 4.69) is 0 Å². The van der Waals surface area contributed by atoms with Crippen LogP contribution in [0.5, 0.6) is 0 Å². The van der Waals surface area contributed by atoms with Crippen LogP contribution in [0, 0.1) is 0 Å². The fourth-order valence-electron chi connectivity index (χ4n) is 1.37. The zero-order valence-corrected chi connectivity index (χ0v) is 13.3. The molecule has 0 spiro atoms. The van der Waals surface area contributed by atoms with Gasteiger partial charge in [-0.15, -0.1) is 0 Å². The summed E-state index contributed by atoms with van der Waals surface area (Å²) >= 11 is 0. The first kappa shape index (κ1) is 18.9. The first-order valence-corrected chi connectivity index (χ1v) is 6.60. The second-order valence-electron chi connectivity index (χ2n) is 4.93. The predicted octanol–water partition coefficient (Wildman–Crippen LogP) is -1.53. The quantitative estimate of drug-likeness (QED) is 0.509. The summed E-state index contributed by atoms with van der Waals surface area (Å²) in [5, 5.41) is 0. The van der Waals surface area contributed by atoms with Gasteiger partial charge in [-0.3, -0.25) is 19.2 Å². The van der Waals surface area contributed by atoms with Crippen LogP contribution >= 0.6 is 0 Å². The van der Waals surface area contributed by atoms with E-state index in [0.717, 1.165) is 0 Å². The Balaban J connectivity index is 4.37. The molecule has 0 aromatic rings. The van der Waals surface area contributed by atoms with Gasteiger partial charge in [-0.2, -0.15) is 0 Å². The molecule has 0 atom stereocenters. The summed E-state index contributed by atoms with van der Waals surface area (Å²) < 4.78 is 0. The molecule has 0 radical (unpaired) electrons. The second-order valence-corrected chi connectivity index (χ2v) is 4.93. The lowest BCUT2D eigenvalue weighted by molar-refractivity contribution is -0.142. The molecule has 0 heterocycles. The van der Waals surface area contributed by atoms with Gasteiger partial charge in [0, 0.05) is 34.7 Å². The van der Waals surface area contributed by atoms with Crippen LogP contribution in [0.1, 0.15) is 6.92 Å². The van der Waals surface area contributed by atoms with E-state index in [9.17, 15) is 19.2 Å². The third-order valence-electron chi connectivity index (χ3n) is 3.06. The standard InChI is InChI=1S/C13H24N4O4/c1-6-15(3)12(20)8-17(5)13(21)9-16(4)11(19)7-14(2)10-18/h10H,6-9H2,1-5H3. The normalized spacial score (nSPS) is 9.76. The monoisotopic (exact) mass is 300 g/mol. The molecule has 0 aromatic carbocycles. The van der Waals surface area contributed by atoms with Crippen molar-refractivity contribution < 1.29 is 19.2 Å². The molecule has 21 heavy (non-hydrogen) atoms. The van der Waals surface area contributed by atoms with Crippen molar-refractivity contribution in [2.24, 2.45) is 0 Å². The fraction of sp³-hybridized carbons (Fsp3) is 0.692. The molecule has 0 rings (SSSR count). The van der Waals surface area contributed by atoms with Gasteiger partial charge in [-0.25, -0.2) is 0 Å². The summed E-state index contributed by atoms with van der Waals surface area (Å²) in [7, 11) is 6.13. The Morgan fingerprint density at radius 2 is 1.14 bits per heavy atom. The maximum absolute atomic E-state index is 11.9. The molecule has 0 N–H and O–H groups in total. The first-order valence-electron chi connectivity index (χ1n) is 6.60. The maximum atomic E-state index is 11.9. The molecule has 8 nitrogen and oxygen atoms in total. The minimum atomic E-state index is -0.344. The molecule has 0 saturated carbocycles. The average molecular weight is 300 g/mol. The molecule has 0 aliphatic rings. The van der Waals surface area contributed by atoms with Crippen molar-refractivity contribution in [2.45, 2.75) is 6.92 Å². The summed E-state index contributed by atoms with van der Waals surface area (Å²) in [6.07, 6.45) is 0.541. The summed E-state index contributed by atoms with van der Waals surface area (Å²) in [6, 6.07) is 0. The second kappa shape index (κ2) is 8.93. The number of hydrogen-bond acceptors (Lipinski definition) is 4. The van der Waals surface area contributed by atoms with Crippen LogP contribution in [-0.2, 0) is 19.2 Å². The van der Waals surface area contributed by atoms with Gasteiger partial charge in [0.1, 0.15) is 0 Å². The van der Waals surface area contributed by atoms with E-state index in [1.54, 1.807) is 7.05 Å². The number of nitrogens with zero attached hydrogens (tertiary/aromatic N) is 4. The number of amides is 4. The van der Waals surface area contributed by atoms with Crippen LogP contribution in [0.4, 0.5) is 0 Å². The van der Waals surface area contributed by atoms with Crippen LogP contribution in [0.3, 0.4) is 0 Å². The molecule has 0 unspecified atom stereocenters. The SMILES string of the molecule is CCN(C)C(=O)CN(C)C(=O)CN(C)C(=O)CN(C)C=O. The maximum Gasteiger partial charge on any atom is 0.242 e. The fourth-order valence-corrected chi connectivity index (χ4v) is 1.37. The van der Waals surface area contributed by atoms with Gasteiger partial charge in [0.15, 0.2) is 0 Å². The third-order valence-corrected chi connectivity index (χ3v) is 3.06. The molecule has 0 fully saturated rings. The highest BCUT2D eigenvalue weighted by molar-refractivity contribution is 5.88. The van der Waals surface area contributed by atoms with Crippen LogP contribution in [0.25, 0.3) is 0 Å². The average Bonchev–Trinajstić information content (AvgIpc) is 2.45. The summed E-state index contributed by atoms with van der Waals surface area (Å²) in [6.45, 7) is 2.16. The van der Waals surface area contributed by atoms with Gasteiger partial charge in [-0.05, 0) is 6.92 Å². The third kappa shape index (κ3) is 6.73. The van der Waals surface area contributed by atoms with Crippen molar-refractivity contribution >= 4 is 24.1 Å². The van der Waals surface area contributed by atoms with Gasteiger partial charge < -0.3 is 19.6 Å². The molecule has 0 aliphatic carbocycles. The molecule has 8 heteroatoms. The minimum Gasteiger partial charge on any atom is -0.345 e. The van der Waals surface area contributed by atoms with Crippen molar-refractivity contribution in [2.75, 3.05) is 54.4 Å². The smallest absolute Gasteiger partial charge is 0.242 e. The minimum absolute atomic E-state index is 0.0283. The van der Waals surface area contributed by atoms with Crippen LogP contribution in [-0.4, -0.2) is 98.1 Å². The van der Waals surface area contributed by atoms with Crippen molar-refractivity contribution in [1.82, 2.24) is 19.6 Å². The number of rotatable bonds is 8. The van der Waals surface area contributed by atoms with Crippen molar-refractivity contribution in [3.63, 3.8) is 0 Å². The molecule has 0 saturated heterocycles. The lowest BCUT2D eigenvalue weighted by Gasteiger charge is -2.24. The molecule has 4 amide bonds. The topological polar surface area (TPSA) is 81.2 Å². The van der Waals surface area contributed by atoms with E-state index in [4.69, 9.17) is 0 Å². The highest BCUT2D eigenvalue weighted by atomic mass is 16.2. The number of carbonyl (C=O) groups is 4. The molecule has 0 bridgehead atoms. The van der Waals surface area contributed by atoms with E-state index < -0.39 is 0 Å². The summed E-state index contributed by atoms with van der Waals surface area (Å²) in [5.41, 5.74) is 0. The number of hydrogen-bond donors (Lipinski definition) is 0. The van der Waals surface area contributed by atoms with E-state index in [0.29, 0.717) is 13.0 Å². The van der Waals surface area contributed by atoms with Crippen LogP contribution in [0.15, 0.2) is 0 Å². The Morgan fingerprint density at radius 1 is 0.762 bits per heavy atom. The van der Waals surface area contributed by atoms with Crippen molar-refractivity contribution in [1.29, 1.82) is 0 Å². The van der Waals surface area contributed by atoms with Gasteiger partial charge >= 0.3 is 0 Å². The number of carbonyl (C=O) groups excluding carboxylic acids is 4. The number of likely N-dealkylation sites (N-methyl/N-ethyl adjacent to an activating group) is 4. The van der Waals surface area contributed by atoms with E-state index in [1.807, 2.05) is 6.92 Å². The highest BCUT2D eigenvalue weighted by Gasteiger charge is 2.19. The zero-order valence-electron chi connectivity index (χ0n) is 13.3. The Bertz CT molecular complexity index is 400. The molecular formula is C13H24N4O4.